The van der Waals surface area contributed by atoms with Crippen molar-refractivity contribution in [2.24, 2.45) is 17.8 Å². The molecule has 2 saturated heterocycles. The molecule has 0 saturated carbocycles. The Hall–Kier alpha value is -3.99. The Morgan fingerprint density at radius 2 is 1.79 bits per heavy atom. The van der Waals surface area contributed by atoms with Gasteiger partial charge in [-0.15, -0.1) is 0 Å². The zero-order valence-corrected chi connectivity index (χ0v) is 27.2. The molecule has 10 nitrogen and oxygen atoms in total. The van der Waals surface area contributed by atoms with Crippen LogP contribution in [0.4, 0.5) is 5.69 Å². The van der Waals surface area contributed by atoms with Crippen molar-refractivity contribution < 1.29 is 33.8 Å². The number of rotatable bonds is 6. The van der Waals surface area contributed by atoms with Crippen LogP contribution < -0.4 is 10.2 Å². The molecule has 0 unspecified atom stereocenters. The number of carbonyl (C=O) groups is 4. The molecule has 2 fully saturated rings. The average Bonchev–Trinajstić information content (AvgIpc) is 3.46. The van der Waals surface area contributed by atoms with Crippen LogP contribution in [0.1, 0.15) is 44.7 Å². The number of nitrogens with zero attached hydrogens (tertiary/aromatic N) is 2. The van der Waals surface area contributed by atoms with Crippen molar-refractivity contribution in [2.45, 2.75) is 62.9 Å². The molecule has 6 rings (SSSR count). The Morgan fingerprint density at radius 3 is 2.51 bits per heavy atom. The SMILES string of the molecule is CC[C@H](C)[C@H](CO)N1C(=O)[C@H]2[C@@H]3C(=O)N[C@@H](c4ccccc4)COC(=O)CC/C=C\[C@@H]3O[C@]23C=CCN(c2ccccc2Cl)C(=O)[C@H]13. The van der Waals surface area contributed by atoms with Crippen molar-refractivity contribution in [3.05, 3.63) is 89.5 Å². The molecule has 4 heterocycles. The van der Waals surface area contributed by atoms with Crippen molar-refractivity contribution in [3.8, 4) is 0 Å². The number of cyclic esters (lactones) is 1. The van der Waals surface area contributed by atoms with E-state index in [0.29, 0.717) is 23.6 Å². The second-order valence-electron chi connectivity index (χ2n) is 12.6. The van der Waals surface area contributed by atoms with Crippen LogP contribution in [0.2, 0.25) is 5.02 Å². The van der Waals surface area contributed by atoms with E-state index in [9.17, 15) is 24.3 Å². The Labute approximate surface area is 279 Å². The van der Waals surface area contributed by atoms with Crippen molar-refractivity contribution in [1.82, 2.24) is 10.2 Å². The zero-order valence-electron chi connectivity index (χ0n) is 26.5. The van der Waals surface area contributed by atoms with Crippen LogP contribution in [-0.4, -0.2) is 77.2 Å². The summed E-state index contributed by atoms with van der Waals surface area (Å²) in [5, 5.41) is 14.1. The smallest absolute Gasteiger partial charge is 0.306 e. The number of allylic oxidation sites excluding steroid dienone is 1. The maximum Gasteiger partial charge on any atom is 0.306 e. The van der Waals surface area contributed by atoms with Gasteiger partial charge in [-0.2, -0.15) is 0 Å². The molecule has 3 amide bonds. The molecule has 11 heteroatoms. The molecule has 0 radical (unpaired) electrons. The lowest BCUT2D eigenvalue weighted by Crippen LogP contribution is -2.59. The van der Waals surface area contributed by atoms with Crippen LogP contribution in [0.3, 0.4) is 0 Å². The number of ether oxygens (including phenoxy) is 2. The fraction of sp³-hybridized carbons (Fsp3) is 0.444. The van der Waals surface area contributed by atoms with E-state index in [1.54, 1.807) is 48.6 Å². The van der Waals surface area contributed by atoms with Crippen LogP contribution in [0.25, 0.3) is 0 Å². The monoisotopic (exact) mass is 661 g/mol. The van der Waals surface area contributed by atoms with E-state index in [1.165, 1.54) is 9.80 Å². The second kappa shape index (κ2) is 13.6. The Bertz CT molecular complexity index is 1580. The summed E-state index contributed by atoms with van der Waals surface area (Å²) in [6.45, 7) is 3.60. The standard InChI is InChI=1S/C36H40ClN3O7/c1-3-22(2)27(20-41)40-32-35(45)39(26-15-8-7-14-24(26)37)19-11-18-36(32)31(34(40)44)30-28(47-36)16-9-10-17-29(42)46-21-25(38-33(30)43)23-12-5-4-6-13-23/h4-9,11-16,18,22,25,27-28,30-32,41H,3,10,17,19-21H2,1-2H3,(H,38,43)/b16-9-/t22-,25+,27-,28-,30+,31+,32-,36+/m0/s1. The fourth-order valence-electron chi connectivity index (χ4n) is 7.44. The predicted octanol–water partition coefficient (Wildman–Crippen LogP) is 3.98. The lowest BCUT2D eigenvalue weighted by atomic mass is 9.77. The first-order chi connectivity index (χ1) is 22.7. The normalized spacial score (nSPS) is 31.4. The van der Waals surface area contributed by atoms with Gasteiger partial charge >= 0.3 is 5.97 Å². The molecule has 0 aliphatic carbocycles. The van der Waals surface area contributed by atoms with Gasteiger partial charge in [0.05, 0.1) is 47.3 Å². The molecule has 248 valence electrons. The van der Waals surface area contributed by atoms with E-state index in [0.717, 1.165) is 5.56 Å². The summed E-state index contributed by atoms with van der Waals surface area (Å²) in [6.07, 6.45) is 7.26. The highest BCUT2D eigenvalue weighted by molar-refractivity contribution is 6.34. The van der Waals surface area contributed by atoms with Crippen molar-refractivity contribution in [3.63, 3.8) is 0 Å². The van der Waals surface area contributed by atoms with Crippen molar-refractivity contribution >= 4 is 41.0 Å². The van der Waals surface area contributed by atoms with E-state index < -0.39 is 65.4 Å². The number of amides is 3. The third-order valence-electron chi connectivity index (χ3n) is 9.99. The molecule has 1 spiro atoms. The zero-order chi connectivity index (χ0) is 33.3. The number of hydrogen-bond donors (Lipinski definition) is 2. The first-order valence-corrected chi connectivity index (χ1v) is 16.6. The maximum atomic E-state index is 14.8. The quantitative estimate of drug-likeness (QED) is 0.354. The Balaban J connectivity index is 1.48. The molecule has 2 aromatic rings. The number of hydrogen-bond acceptors (Lipinski definition) is 7. The van der Waals surface area contributed by atoms with Crippen LogP contribution in [0, 0.1) is 17.8 Å². The largest absolute Gasteiger partial charge is 0.463 e. The van der Waals surface area contributed by atoms with Crippen molar-refractivity contribution in [1.29, 1.82) is 0 Å². The number of esters is 1. The maximum absolute atomic E-state index is 14.8. The highest BCUT2D eigenvalue weighted by Gasteiger charge is 2.72. The van der Waals surface area contributed by atoms with E-state index in [2.05, 4.69) is 5.32 Å². The van der Waals surface area contributed by atoms with Gasteiger partial charge in [0.15, 0.2) is 0 Å². The average molecular weight is 662 g/mol. The van der Waals surface area contributed by atoms with Crippen LogP contribution in [0.15, 0.2) is 78.9 Å². The lowest BCUT2D eigenvalue weighted by molar-refractivity contribution is -0.147. The number of likely N-dealkylation sites (tertiary alicyclic amines) is 1. The van der Waals surface area contributed by atoms with Crippen molar-refractivity contribution in [2.75, 3.05) is 24.7 Å². The summed E-state index contributed by atoms with van der Waals surface area (Å²) in [5.41, 5.74) is -0.296. The molecule has 4 aliphatic rings. The first-order valence-electron chi connectivity index (χ1n) is 16.2. The van der Waals surface area contributed by atoms with Gasteiger partial charge in [-0.1, -0.05) is 98.6 Å². The highest BCUT2D eigenvalue weighted by Crippen LogP contribution is 2.54. The summed E-state index contributed by atoms with van der Waals surface area (Å²) < 4.78 is 12.4. The fourth-order valence-corrected chi connectivity index (χ4v) is 7.67. The minimum absolute atomic E-state index is 0.0825. The van der Waals surface area contributed by atoms with Gasteiger partial charge in [0.1, 0.15) is 18.2 Å². The topological polar surface area (TPSA) is 125 Å². The number of aliphatic hydroxyl groups is 1. The molecular formula is C36H40ClN3O7. The lowest BCUT2D eigenvalue weighted by Gasteiger charge is -2.40. The predicted molar refractivity (Wildman–Crippen MR) is 175 cm³/mol. The number of aliphatic hydroxyl groups excluding tert-OH is 1. The van der Waals surface area contributed by atoms with E-state index in [1.807, 2.05) is 44.2 Å². The van der Waals surface area contributed by atoms with Crippen LogP contribution in [0.5, 0.6) is 0 Å². The second-order valence-corrected chi connectivity index (χ2v) is 13.1. The minimum Gasteiger partial charge on any atom is -0.463 e. The van der Waals surface area contributed by atoms with Crippen LogP contribution >= 0.6 is 11.6 Å². The molecule has 0 aromatic heterocycles. The van der Waals surface area contributed by atoms with Crippen LogP contribution in [-0.2, 0) is 28.7 Å². The van der Waals surface area contributed by atoms with Gasteiger partial charge in [0.25, 0.3) is 5.91 Å². The first kappa shape index (κ1) is 32.9. The molecule has 0 bridgehead atoms. The van der Waals surface area contributed by atoms with Gasteiger partial charge in [-0.25, -0.2) is 0 Å². The van der Waals surface area contributed by atoms with E-state index in [4.69, 9.17) is 21.1 Å². The number of halogens is 1. The molecule has 2 aromatic carbocycles. The summed E-state index contributed by atoms with van der Waals surface area (Å²) in [4.78, 5) is 59.6. The van der Waals surface area contributed by atoms with Gasteiger partial charge in [-0.05, 0) is 30.0 Å². The number of carbonyl (C=O) groups excluding carboxylic acids is 4. The minimum atomic E-state index is -1.52. The molecule has 47 heavy (non-hydrogen) atoms. The Morgan fingerprint density at radius 1 is 1.04 bits per heavy atom. The third kappa shape index (κ3) is 5.87. The van der Waals surface area contributed by atoms with Gasteiger partial charge in [0, 0.05) is 13.0 Å². The highest BCUT2D eigenvalue weighted by atomic mass is 35.5. The number of fused-ring (bicyclic) bond motifs is 2. The van der Waals surface area contributed by atoms with Gasteiger partial charge in [-0.3, -0.25) is 19.2 Å². The summed E-state index contributed by atoms with van der Waals surface area (Å²) in [5.74, 6) is -3.96. The third-order valence-corrected chi connectivity index (χ3v) is 10.3. The Kier molecular flexibility index (Phi) is 9.55. The number of anilines is 1. The van der Waals surface area contributed by atoms with Gasteiger partial charge < -0.3 is 29.7 Å². The molecular weight excluding hydrogens is 622 g/mol. The molecule has 8 atom stereocenters. The summed E-state index contributed by atoms with van der Waals surface area (Å²) in [7, 11) is 0. The molecule has 4 aliphatic heterocycles. The van der Waals surface area contributed by atoms with Gasteiger partial charge in [0.2, 0.25) is 11.8 Å². The number of nitrogens with one attached hydrogen (secondary N) is 1. The van der Waals surface area contributed by atoms with E-state index in [-0.39, 0.29) is 32.1 Å². The number of para-hydroxylation sites is 1. The summed E-state index contributed by atoms with van der Waals surface area (Å²) >= 11 is 6.58. The molecule has 2 N–H and O–H groups in total. The summed E-state index contributed by atoms with van der Waals surface area (Å²) in [6, 6.07) is 13.6. The van der Waals surface area contributed by atoms with E-state index >= 15 is 0 Å². The number of benzene rings is 2.